The quantitative estimate of drug-likeness (QED) is 0.867. The van der Waals surface area contributed by atoms with Crippen molar-refractivity contribution in [3.8, 4) is 0 Å². The van der Waals surface area contributed by atoms with E-state index in [9.17, 15) is 4.79 Å². The highest BCUT2D eigenvalue weighted by Crippen LogP contribution is 2.28. The Morgan fingerprint density at radius 2 is 2.22 bits per heavy atom. The first kappa shape index (κ1) is 15.8. The van der Waals surface area contributed by atoms with Gasteiger partial charge in [0.2, 0.25) is 5.91 Å². The molecule has 2 aromatic heterocycles. The molecule has 0 N–H and O–H groups in total. The van der Waals surface area contributed by atoms with E-state index in [1.165, 1.54) is 0 Å². The fourth-order valence-electron chi connectivity index (χ4n) is 3.73. The number of carbonyl (C=O) groups is 1. The third-order valence-corrected chi connectivity index (χ3v) is 4.99. The van der Waals surface area contributed by atoms with Crippen molar-refractivity contribution in [1.29, 1.82) is 0 Å². The zero-order valence-corrected chi connectivity index (χ0v) is 14.4. The maximum absolute atomic E-state index is 13.1. The summed E-state index contributed by atoms with van der Waals surface area (Å²) in [5.41, 5.74) is 3.10. The average Bonchev–Trinajstić information content (AvgIpc) is 3.22. The zero-order chi connectivity index (χ0) is 16.6. The highest BCUT2D eigenvalue weighted by molar-refractivity contribution is 5.84. The first-order chi connectivity index (χ1) is 11.0. The van der Waals surface area contributed by atoms with E-state index in [0.29, 0.717) is 0 Å². The lowest BCUT2D eigenvalue weighted by Crippen LogP contribution is -2.40. The van der Waals surface area contributed by atoms with E-state index in [2.05, 4.69) is 10.2 Å². The minimum atomic E-state index is -0.151. The fourth-order valence-corrected chi connectivity index (χ4v) is 3.73. The average molecular weight is 315 g/mol. The van der Waals surface area contributed by atoms with E-state index in [1.807, 2.05) is 54.3 Å². The molecule has 6 heteroatoms. The maximum Gasteiger partial charge on any atom is 0.230 e. The highest BCUT2D eigenvalue weighted by atomic mass is 16.2. The minimum Gasteiger partial charge on any atom is -0.337 e. The lowest BCUT2D eigenvalue weighted by Gasteiger charge is -2.28. The van der Waals surface area contributed by atoms with Crippen molar-refractivity contribution in [2.45, 2.75) is 52.1 Å². The molecule has 0 aliphatic carbocycles. The highest BCUT2D eigenvalue weighted by Gasteiger charge is 2.34. The van der Waals surface area contributed by atoms with Crippen LogP contribution in [0.5, 0.6) is 0 Å². The molecule has 0 saturated carbocycles. The first-order valence-electron chi connectivity index (χ1n) is 8.27. The van der Waals surface area contributed by atoms with Crippen LogP contribution in [0.3, 0.4) is 0 Å². The predicted octanol–water partition coefficient (Wildman–Crippen LogP) is 2.03. The fraction of sp³-hybridized carbons (Fsp3) is 0.588. The van der Waals surface area contributed by atoms with Gasteiger partial charge in [0.05, 0.1) is 24.2 Å². The van der Waals surface area contributed by atoms with Crippen molar-refractivity contribution in [2.75, 3.05) is 6.54 Å². The number of aromatic nitrogens is 4. The molecule has 2 atom stereocenters. The number of likely N-dealkylation sites (tertiary alicyclic amines) is 1. The molecule has 0 bridgehead atoms. The molecule has 3 heterocycles. The van der Waals surface area contributed by atoms with E-state index >= 15 is 0 Å². The van der Waals surface area contributed by atoms with Gasteiger partial charge in [-0.05, 0) is 39.7 Å². The third kappa shape index (κ3) is 2.90. The Morgan fingerprint density at radius 3 is 2.83 bits per heavy atom. The van der Waals surface area contributed by atoms with Gasteiger partial charge in [-0.15, -0.1) is 0 Å². The SMILES string of the molecule is Cc1nn(C)c(C)c1[C@H](C)C(=O)N1CCC[C@H]1Cn1cccn1. The number of amides is 1. The Kier molecular flexibility index (Phi) is 4.24. The van der Waals surface area contributed by atoms with Gasteiger partial charge in [0.1, 0.15) is 0 Å². The number of rotatable bonds is 4. The second-order valence-corrected chi connectivity index (χ2v) is 6.49. The monoisotopic (exact) mass is 315 g/mol. The second kappa shape index (κ2) is 6.18. The van der Waals surface area contributed by atoms with Crippen LogP contribution in [0.25, 0.3) is 0 Å². The number of aryl methyl sites for hydroxylation is 2. The van der Waals surface area contributed by atoms with Crippen molar-refractivity contribution in [3.63, 3.8) is 0 Å². The van der Waals surface area contributed by atoms with E-state index in [4.69, 9.17) is 0 Å². The lowest BCUT2D eigenvalue weighted by molar-refractivity contribution is -0.133. The van der Waals surface area contributed by atoms with Crippen molar-refractivity contribution in [3.05, 3.63) is 35.4 Å². The van der Waals surface area contributed by atoms with Crippen molar-refractivity contribution in [1.82, 2.24) is 24.5 Å². The summed E-state index contributed by atoms with van der Waals surface area (Å²) in [6, 6.07) is 2.16. The Bertz CT molecular complexity index is 688. The molecule has 0 unspecified atom stereocenters. The molecular formula is C17H25N5O. The molecule has 23 heavy (non-hydrogen) atoms. The standard InChI is InChI=1S/C17H25N5O/c1-12(16-13(2)19-20(4)14(16)3)17(23)22-10-5-7-15(22)11-21-9-6-8-18-21/h6,8-9,12,15H,5,7,10-11H2,1-4H3/t12-,15-/m0/s1. The molecule has 1 amide bonds. The number of carbonyl (C=O) groups excluding carboxylic acids is 1. The van der Waals surface area contributed by atoms with Gasteiger partial charge in [-0.2, -0.15) is 10.2 Å². The Morgan fingerprint density at radius 1 is 1.43 bits per heavy atom. The molecule has 1 aliphatic rings. The normalized spacial score (nSPS) is 19.3. The molecule has 0 spiro atoms. The Balaban J connectivity index is 1.78. The molecule has 2 aromatic rings. The van der Waals surface area contributed by atoms with Crippen molar-refractivity contribution >= 4 is 5.91 Å². The number of hydrogen-bond donors (Lipinski definition) is 0. The van der Waals surface area contributed by atoms with Gasteiger partial charge in [-0.1, -0.05) is 0 Å². The molecular weight excluding hydrogens is 290 g/mol. The Hall–Kier alpha value is -2.11. The number of hydrogen-bond acceptors (Lipinski definition) is 3. The van der Waals surface area contributed by atoms with Gasteiger partial charge in [-0.3, -0.25) is 14.2 Å². The van der Waals surface area contributed by atoms with E-state index in [1.54, 1.807) is 6.20 Å². The van der Waals surface area contributed by atoms with Crippen LogP contribution in [-0.4, -0.2) is 43.0 Å². The third-order valence-electron chi connectivity index (χ3n) is 4.99. The summed E-state index contributed by atoms with van der Waals surface area (Å²) in [6.45, 7) is 7.63. The zero-order valence-electron chi connectivity index (χ0n) is 14.4. The van der Waals surface area contributed by atoms with Gasteiger partial charge in [0.25, 0.3) is 0 Å². The van der Waals surface area contributed by atoms with Crippen LogP contribution in [0.15, 0.2) is 18.5 Å². The van der Waals surface area contributed by atoms with Gasteiger partial charge < -0.3 is 4.90 Å². The Labute approximate surface area is 137 Å². The van der Waals surface area contributed by atoms with Crippen LogP contribution in [0.1, 0.15) is 42.6 Å². The summed E-state index contributed by atoms with van der Waals surface area (Å²) in [6.07, 6.45) is 5.85. The summed E-state index contributed by atoms with van der Waals surface area (Å²) >= 11 is 0. The summed E-state index contributed by atoms with van der Waals surface area (Å²) in [7, 11) is 1.93. The smallest absolute Gasteiger partial charge is 0.230 e. The molecule has 124 valence electrons. The van der Waals surface area contributed by atoms with E-state index in [0.717, 1.165) is 42.9 Å². The van der Waals surface area contributed by atoms with Crippen LogP contribution >= 0.6 is 0 Å². The van der Waals surface area contributed by atoms with E-state index in [-0.39, 0.29) is 17.9 Å². The molecule has 1 fully saturated rings. The minimum absolute atomic E-state index is 0.151. The molecule has 0 radical (unpaired) electrons. The van der Waals surface area contributed by atoms with Crippen molar-refractivity contribution in [2.24, 2.45) is 7.05 Å². The molecule has 1 aliphatic heterocycles. The van der Waals surface area contributed by atoms with Crippen LogP contribution in [0, 0.1) is 13.8 Å². The van der Waals surface area contributed by atoms with E-state index < -0.39 is 0 Å². The summed E-state index contributed by atoms with van der Waals surface area (Å²) in [5, 5.41) is 8.73. The van der Waals surface area contributed by atoms with Crippen LogP contribution in [-0.2, 0) is 18.4 Å². The topological polar surface area (TPSA) is 56.0 Å². The van der Waals surface area contributed by atoms with Crippen LogP contribution in [0.4, 0.5) is 0 Å². The molecule has 1 saturated heterocycles. The van der Waals surface area contributed by atoms with Gasteiger partial charge in [0.15, 0.2) is 0 Å². The first-order valence-corrected chi connectivity index (χ1v) is 8.27. The second-order valence-electron chi connectivity index (χ2n) is 6.49. The van der Waals surface area contributed by atoms with Crippen LogP contribution in [0.2, 0.25) is 0 Å². The summed E-state index contributed by atoms with van der Waals surface area (Å²) in [4.78, 5) is 15.1. The largest absolute Gasteiger partial charge is 0.337 e. The predicted molar refractivity (Wildman–Crippen MR) is 88.1 cm³/mol. The molecule has 3 rings (SSSR count). The molecule has 6 nitrogen and oxygen atoms in total. The molecule has 0 aromatic carbocycles. The maximum atomic E-state index is 13.1. The lowest BCUT2D eigenvalue weighted by atomic mass is 9.97. The summed E-state index contributed by atoms with van der Waals surface area (Å²) in [5.74, 6) is 0.0563. The number of nitrogens with zero attached hydrogens (tertiary/aromatic N) is 5. The van der Waals surface area contributed by atoms with Crippen LogP contribution < -0.4 is 0 Å². The van der Waals surface area contributed by atoms with Crippen molar-refractivity contribution < 1.29 is 4.79 Å². The van der Waals surface area contributed by atoms with Gasteiger partial charge in [-0.25, -0.2) is 0 Å². The van der Waals surface area contributed by atoms with Gasteiger partial charge >= 0.3 is 0 Å². The van der Waals surface area contributed by atoms with Gasteiger partial charge in [0, 0.05) is 37.2 Å². The summed E-state index contributed by atoms with van der Waals surface area (Å²) < 4.78 is 3.78.